The summed E-state index contributed by atoms with van der Waals surface area (Å²) in [6.45, 7) is 2.07. The van der Waals surface area contributed by atoms with Crippen LogP contribution >= 0.6 is 0 Å². The molecule has 0 aliphatic heterocycles. The second-order valence-electron chi connectivity index (χ2n) is 8.97. The number of nitrogens with zero attached hydrogens (tertiary/aromatic N) is 1. The molecule has 3 rings (SSSR count). The van der Waals surface area contributed by atoms with Crippen LogP contribution in [0, 0.1) is 16.0 Å². The standard InChI is InChI=1S/C26H32FNO5/c1-2-3-10-24(29)19-8-5-7-18(15-19)21-12-13-23(27)22(21)16-20-9-4-6-17(11-14-25(30)31)26(20)28(32)33/h4-9,15,21-24,29H,2-3,10-14,16H2,1H3,(H,30,31). The van der Waals surface area contributed by atoms with Gasteiger partial charge >= 0.3 is 5.97 Å². The van der Waals surface area contributed by atoms with Crippen molar-refractivity contribution < 1.29 is 24.3 Å². The van der Waals surface area contributed by atoms with Gasteiger partial charge in [-0.25, -0.2) is 4.39 Å². The number of benzene rings is 2. The van der Waals surface area contributed by atoms with Gasteiger partial charge in [-0.05, 0) is 49.1 Å². The normalized spacial score (nSPS) is 21.1. The number of aliphatic hydroxyl groups excluding tert-OH is 1. The van der Waals surface area contributed by atoms with Gasteiger partial charge < -0.3 is 10.2 Å². The number of carboxylic acids is 1. The summed E-state index contributed by atoms with van der Waals surface area (Å²) < 4.78 is 15.0. The van der Waals surface area contributed by atoms with Crippen LogP contribution in [-0.4, -0.2) is 27.3 Å². The zero-order valence-electron chi connectivity index (χ0n) is 19.0. The van der Waals surface area contributed by atoms with Crippen LogP contribution in [0.3, 0.4) is 0 Å². The Morgan fingerprint density at radius 1 is 1.21 bits per heavy atom. The first-order valence-electron chi connectivity index (χ1n) is 11.7. The molecule has 0 radical (unpaired) electrons. The van der Waals surface area contributed by atoms with Gasteiger partial charge in [-0.15, -0.1) is 0 Å². The maximum atomic E-state index is 15.0. The quantitative estimate of drug-likeness (QED) is 0.323. The molecule has 0 saturated heterocycles. The number of aryl methyl sites for hydroxylation is 1. The Morgan fingerprint density at radius 3 is 2.64 bits per heavy atom. The molecule has 1 aliphatic rings. The highest BCUT2D eigenvalue weighted by molar-refractivity contribution is 5.67. The van der Waals surface area contributed by atoms with Crippen molar-refractivity contribution in [3.63, 3.8) is 0 Å². The molecule has 2 aromatic rings. The second-order valence-corrected chi connectivity index (χ2v) is 8.97. The Bertz CT molecular complexity index is 979. The van der Waals surface area contributed by atoms with Crippen LogP contribution in [0.1, 0.15) is 79.7 Å². The van der Waals surface area contributed by atoms with E-state index >= 15 is 4.39 Å². The van der Waals surface area contributed by atoms with Crippen molar-refractivity contribution in [2.75, 3.05) is 0 Å². The minimum atomic E-state index is -1.08. The molecule has 0 bridgehead atoms. The number of halogens is 1. The first kappa shape index (κ1) is 24.8. The van der Waals surface area contributed by atoms with Gasteiger partial charge in [0.05, 0.1) is 11.0 Å². The van der Waals surface area contributed by atoms with Gasteiger partial charge in [-0.1, -0.05) is 62.2 Å². The molecule has 0 spiro atoms. The van der Waals surface area contributed by atoms with E-state index in [1.54, 1.807) is 18.2 Å². The highest BCUT2D eigenvalue weighted by atomic mass is 19.1. The fourth-order valence-corrected chi connectivity index (χ4v) is 5.01. The van der Waals surface area contributed by atoms with Crippen molar-refractivity contribution in [3.05, 3.63) is 74.8 Å². The molecular formula is C26H32FNO5. The molecule has 1 fully saturated rings. The zero-order valence-corrected chi connectivity index (χ0v) is 19.0. The minimum Gasteiger partial charge on any atom is -0.481 e. The number of nitro groups is 1. The lowest BCUT2D eigenvalue weighted by molar-refractivity contribution is -0.386. The summed E-state index contributed by atoms with van der Waals surface area (Å²) in [5, 5.41) is 31.3. The summed E-state index contributed by atoms with van der Waals surface area (Å²) in [7, 11) is 0. The summed E-state index contributed by atoms with van der Waals surface area (Å²) in [6.07, 6.45) is 2.07. The van der Waals surface area contributed by atoms with Crippen molar-refractivity contribution in [3.8, 4) is 0 Å². The van der Waals surface area contributed by atoms with E-state index in [1.165, 1.54) is 0 Å². The SMILES string of the molecule is CCCCC(O)c1cccc(C2CCC(F)C2Cc2cccc(CCC(=O)O)c2[N+](=O)[O-])c1. The predicted octanol–water partition coefficient (Wildman–Crippen LogP) is 5.91. The summed E-state index contributed by atoms with van der Waals surface area (Å²) in [4.78, 5) is 22.3. The largest absolute Gasteiger partial charge is 0.481 e. The Morgan fingerprint density at radius 2 is 1.94 bits per heavy atom. The van der Waals surface area contributed by atoms with Crippen LogP contribution in [0.2, 0.25) is 0 Å². The van der Waals surface area contributed by atoms with E-state index in [-0.39, 0.29) is 30.9 Å². The molecule has 1 saturated carbocycles. The van der Waals surface area contributed by atoms with E-state index in [0.717, 1.165) is 24.0 Å². The molecular weight excluding hydrogens is 425 g/mol. The van der Waals surface area contributed by atoms with E-state index in [9.17, 15) is 20.0 Å². The fourth-order valence-electron chi connectivity index (χ4n) is 5.01. The third-order valence-electron chi connectivity index (χ3n) is 6.74. The van der Waals surface area contributed by atoms with Gasteiger partial charge in [0.15, 0.2) is 0 Å². The molecule has 2 aromatic carbocycles. The molecule has 1 aliphatic carbocycles. The number of rotatable bonds is 11. The van der Waals surface area contributed by atoms with Crippen molar-refractivity contribution >= 4 is 11.7 Å². The van der Waals surface area contributed by atoms with Gasteiger partial charge in [-0.3, -0.25) is 14.9 Å². The molecule has 4 unspecified atom stereocenters. The highest BCUT2D eigenvalue weighted by Gasteiger charge is 2.38. The molecule has 7 heteroatoms. The van der Waals surface area contributed by atoms with Crippen LogP contribution < -0.4 is 0 Å². The fraction of sp³-hybridized carbons (Fsp3) is 0.500. The van der Waals surface area contributed by atoms with Crippen LogP contribution in [0.5, 0.6) is 0 Å². The number of hydrogen-bond donors (Lipinski definition) is 2. The first-order valence-corrected chi connectivity index (χ1v) is 11.7. The van der Waals surface area contributed by atoms with Crippen LogP contribution in [0.25, 0.3) is 0 Å². The van der Waals surface area contributed by atoms with Gasteiger partial charge in [0.2, 0.25) is 0 Å². The predicted molar refractivity (Wildman–Crippen MR) is 124 cm³/mol. The monoisotopic (exact) mass is 457 g/mol. The Labute approximate surface area is 193 Å². The lowest BCUT2D eigenvalue weighted by Gasteiger charge is -2.23. The molecule has 0 heterocycles. The van der Waals surface area contributed by atoms with Crippen LogP contribution in [0.15, 0.2) is 42.5 Å². The molecule has 178 valence electrons. The maximum absolute atomic E-state index is 15.0. The summed E-state index contributed by atoms with van der Waals surface area (Å²) in [5.41, 5.74) is 2.49. The number of aliphatic hydroxyl groups is 1. The molecule has 33 heavy (non-hydrogen) atoms. The summed E-state index contributed by atoms with van der Waals surface area (Å²) in [6, 6.07) is 12.6. The van der Waals surface area contributed by atoms with Crippen molar-refractivity contribution in [2.45, 2.75) is 76.5 Å². The second kappa shape index (κ2) is 11.4. The number of alkyl halides is 1. The van der Waals surface area contributed by atoms with E-state index in [2.05, 4.69) is 6.92 Å². The lowest BCUT2D eigenvalue weighted by atomic mass is 9.82. The van der Waals surface area contributed by atoms with Gasteiger partial charge in [0.1, 0.15) is 6.17 Å². The van der Waals surface area contributed by atoms with Gasteiger partial charge in [-0.2, -0.15) is 0 Å². The number of carboxylic acid groups (broad SMARTS) is 1. The van der Waals surface area contributed by atoms with Crippen LogP contribution in [0.4, 0.5) is 10.1 Å². The summed E-state index contributed by atoms with van der Waals surface area (Å²) in [5.74, 6) is -1.53. The van der Waals surface area contributed by atoms with Crippen molar-refractivity contribution in [2.24, 2.45) is 5.92 Å². The highest BCUT2D eigenvalue weighted by Crippen LogP contribution is 2.45. The van der Waals surface area contributed by atoms with Crippen molar-refractivity contribution in [1.29, 1.82) is 0 Å². The lowest BCUT2D eigenvalue weighted by Crippen LogP contribution is -2.19. The first-order chi connectivity index (χ1) is 15.8. The maximum Gasteiger partial charge on any atom is 0.303 e. The third-order valence-corrected chi connectivity index (χ3v) is 6.74. The molecule has 2 N–H and O–H groups in total. The number of carbonyl (C=O) groups is 1. The van der Waals surface area contributed by atoms with E-state index in [0.29, 0.717) is 30.4 Å². The van der Waals surface area contributed by atoms with E-state index < -0.39 is 29.1 Å². The average Bonchev–Trinajstić information content (AvgIpc) is 3.16. The van der Waals surface area contributed by atoms with Crippen LogP contribution in [-0.2, 0) is 17.6 Å². The number of para-hydroxylation sites is 1. The van der Waals surface area contributed by atoms with Gasteiger partial charge in [0.25, 0.3) is 5.69 Å². The molecule has 6 nitrogen and oxygen atoms in total. The molecule has 0 amide bonds. The number of aliphatic carboxylic acids is 1. The van der Waals surface area contributed by atoms with E-state index in [4.69, 9.17) is 5.11 Å². The third kappa shape index (κ3) is 6.16. The van der Waals surface area contributed by atoms with Crippen molar-refractivity contribution in [1.82, 2.24) is 0 Å². The summed E-state index contributed by atoms with van der Waals surface area (Å²) >= 11 is 0. The number of nitro benzene ring substituents is 1. The molecule has 0 aromatic heterocycles. The number of unbranched alkanes of at least 4 members (excludes halogenated alkanes) is 1. The Kier molecular flexibility index (Phi) is 8.55. The zero-order chi connectivity index (χ0) is 24.0. The molecule has 4 atom stereocenters. The number of hydrogen-bond acceptors (Lipinski definition) is 4. The average molecular weight is 458 g/mol. The Balaban J connectivity index is 1.87. The van der Waals surface area contributed by atoms with E-state index in [1.807, 2.05) is 24.3 Å². The smallest absolute Gasteiger partial charge is 0.303 e. The van der Waals surface area contributed by atoms with Gasteiger partial charge in [0, 0.05) is 23.5 Å². The Hall–Kier alpha value is -2.80. The minimum absolute atomic E-state index is 0.0599. The topological polar surface area (TPSA) is 101 Å².